The third-order valence-corrected chi connectivity index (χ3v) is 5.69. The van der Waals surface area contributed by atoms with Crippen molar-refractivity contribution in [2.45, 2.75) is 76.6 Å². The van der Waals surface area contributed by atoms with Gasteiger partial charge in [-0.05, 0) is 32.1 Å². The van der Waals surface area contributed by atoms with Crippen LogP contribution in [0.2, 0.25) is 0 Å². The van der Waals surface area contributed by atoms with Crippen LogP contribution in [0.4, 0.5) is 0 Å². The zero-order chi connectivity index (χ0) is 13.5. The van der Waals surface area contributed by atoms with Crippen LogP contribution in [0.15, 0.2) is 0 Å². The van der Waals surface area contributed by atoms with E-state index in [9.17, 15) is 0 Å². The highest BCUT2D eigenvalue weighted by Gasteiger charge is 2.45. The first-order chi connectivity index (χ1) is 9.11. The van der Waals surface area contributed by atoms with Crippen LogP contribution in [-0.4, -0.2) is 48.3 Å². The fourth-order valence-electron chi connectivity index (χ4n) is 4.49. The maximum Gasteiger partial charge on any atom is 0.0703 e. The van der Waals surface area contributed by atoms with E-state index in [1.54, 1.807) is 0 Å². The van der Waals surface area contributed by atoms with Gasteiger partial charge in [0.1, 0.15) is 0 Å². The SMILES string of the molecule is CC(C)C1CNC2(CCCC2)CN1C1CCOC1C. The number of piperazine rings is 1. The molecule has 3 nitrogen and oxygen atoms in total. The predicted octanol–water partition coefficient (Wildman–Crippen LogP) is 2.41. The quantitative estimate of drug-likeness (QED) is 0.830. The monoisotopic (exact) mass is 266 g/mol. The Labute approximate surface area is 118 Å². The van der Waals surface area contributed by atoms with Crippen LogP contribution in [0.5, 0.6) is 0 Å². The van der Waals surface area contributed by atoms with Gasteiger partial charge < -0.3 is 10.1 Å². The molecule has 3 heteroatoms. The average Bonchev–Trinajstić information content (AvgIpc) is 2.98. The van der Waals surface area contributed by atoms with Crippen molar-refractivity contribution in [1.29, 1.82) is 0 Å². The van der Waals surface area contributed by atoms with Crippen molar-refractivity contribution in [2.24, 2.45) is 5.92 Å². The van der Waals surface area contributed by atoms with E-state index in [-0.39, 0.29) is 0 Å². The van der Waals surface area contributed by atoms with E-state index in [0.29, 0.717) is 23.7 Å². The van der Waals surface area contributed by atoms with Gasteiger partial charge in [-0.2, -0.15) is 0 Å². The third-order valence-electron chi connectivity index (χ3n) is 5.69. The second-order valence-electron chi connectivity index (χ2n) is 7.28. The van der Waals surface area contributed by atoms with Crippen molar-refractivity contribution in [2.75, 3.05) is 19.7 Å². The molecule has 0 bridgehead atoms. The molecule has 0 aromatic carbocycles. The summed E-state index contributed by atoms with van der Waals surface area (Å²) < 4.78 is 5.84. The average molecular weight is 266 g/mol. The van der Waals surface area contributed by atoms with Crippen LogP contribution in [0.3, 0.4) is 0 Å². The van der Waals surface area contributed by atoms with Crippen molar-refractivity contribution in [3.8, 4) is 0 Å². The van der Waals surface area contributed by atoms with Gasteiger partial charge in [0.15, 0.2) is 0 Å². The molecule has 0 radical (unpaired) electrons. The Hall–Kier alpha value is -0.120. The number of rotatable bonds is 2. The lowest BCUT2D eigenvalue weighted by Crippen LogP contribution is -2.67. The molecule has 2 aliphatic heterocycles. The van der Waals surface area contributed by atoms with E-state index in [4.69, 9.17) is 4.74 Å². The highest BCUT2D eigenvalue weighted by molar-refractivity contribution is 5.04. The molecule has 3 aliphatic rings. The Morgan fingerprint density at radius 1 is 1.26 bits per heavy atom. The summed E-state index contributed by atoms with van der Waals surface area (Å²) in [6.07, 6.45) is 7.19. The Balaban J connectivity index is 1.78. The first kappa shape index (κ1) is 13.8. The third kappa shape index (κ3) is 2.57. The molecule has 3 atom stereocenters. The van der Waals surface area contributed by atoms with Crippen molar-refractivity contribution in [1.82, 2.24) is 10.2 Å². The molecule has 0 aromatic heterocycles. The van der Waals surface area contributed by atoms with E-state index in [1.165, 1.54) is 45.2 Å². The lowest BCUT2D eigenvalue weighted by Gasteiger charge is -2.50. The second-order valence-corrected chi connectivity index (χ2v) is 7.28. The fourth-order valence-corrected chi connectivity index (χ4v) is 4.49. The summed E-state index contributed by atoms with van der Waals surface area (Å²) >= 11 is 0. The lowest BCUT2D eigenvalue weighted by molar-refractivity contribution is -0.00548. The van der Waals surface area contributed by atoms with Gasteiger partial charge >= 0.3 is 0 Å². The summed E-state index contributed by atoms with van der Waals surface area (Å²) in [5.41, 5.74) is 0.424. The molecule has 1 aliphatic carbocycles. The first-order valence-corrected chi connectivity index (χ1v) is 8.24. The zero-order valence-corrected chi connectivity index (χ0v) is 12.8. The van der Waals surface area contributed by atoms with Crippen molar-refractivity contribution in [3.63, 3.8) is 0 Å². The summed E-state index contributed by atoms with van der Waals surface area (Å²) in [6, 6.07) is 1.33. The largest absolute Gasteiger partial charge is 0.377 e. The standard InChI is InChI=1S/C16H30N2O/c1-12(2)15-10-17-16(7-4-5-8-16)11-18(15)14-6-9-19-13(14)3/h12-15,17H,4-11H2,1-3H3. The minimum atomic E-state index is 0.415. The molecule has 0 amide bonds. The van der Waals surface area contributed by atoms with Crippen molar-refractivity contribution < 1.29 is 4.74 Å². The fraction of sp³-hybridized carbons (Fsp3) is 1.00. The molecular formula is C16H30N2O. The maximum absolute atomic E-state index is 5.84. The summed E-state index contributed by atoms with van der Waals surface area (Å²) in [7, 11) is 0. The Bertz CT molecular complexity index is 310. The molecule has 1 saturated carbocycles. The highest BCUT2D eigenvalue weighted by Crippen LogP contribution is 2.36. The van der Waals surface area contributed by atoms with Crippen molar-refractivity contribution in [3.05, 3.63) is 0 Å². The molecule has 2 saturated heterocycles. The molecular weight excluding hydrogens is 236 g/mol. The minimum Gasteiger partial charge on any atom is -0.377 e. The van der Waals surface area contributed by atoms with Gasteiger partial charge in [0.25, 0.3) is 0 Å². The highest BCUT2D eigenvalue weighted by atomic mass is 16.5. The van der Waals surface area contributed by atoms with E-state index < -0.39 is 0 Å². The number of nitrogens with zero attached hydrogens (tertiary/aromatic N) is 1. The number of ether oxygens (including phenoxy) is 1. The summed E-state index contributed by atoms with van der Waals surface area (Å²) in [6.45, 7) is 10.4. The number of nitrogens with one attached hydrogen (secondary N) is 1. The molecule has 1 N–H and O–H groups in total. The van der Waals surface area contributed by atoms with E-state index in [1.807, 2.05) is 0 Å². The van der Waals surface area contributed by atoms with Crippen LogP contribution in [0.25, 0.3) is 0 Å². The second kappa shape index (κ2) is 5.34. The van der Waals surface area contributed by atoms with E-state index in [0.717, 1.165) is 12.5 Å². The van der Waals surface area contributed by atoms with E-state index in [2.05, 4.69) is 31.0 Å². The van der Waals surface area contributed by atoms with Gasteiger partial charge in [0.2, 0.25) is 0 Å². The molecule has 2 heterocycles. The zero-order valence-electron chi connectivity index (χ0n) is 12.8. The maximum atomic E-state index is 5.84. The molecule has 3 unspecified atom stereocenters. The van der Waals surface area contributed by atoms with E-state index >= 15 is 0 Å². The minimum absolute atomic E-state index is 0.415. The summed E-state index contributed by atoms with van der Waals surface area (Å²) in [5.74, 6) is 0.721. The smallest absolute Gasteiger partial charge is 0.0703 e. The van der Waals surface area contributed by atoms with Crippen LogP contribution < -0.4 is 5.32 Å². The number of hydrogen-bond acceptors (Lipinski definition) is 3. The van der Waals surface area contributed by atoms with Crippen LogP contribution >= 0.6 is 0 Å². The topological polar surface area (TPSA) is 24.5 Å². The molecule has 110 valence electrons. The van der Waals surface area contributed by atoms with Crippen LogP contribution in [-0.2, 0) is 4.74 Å². The van der Waals surface area contributed by atoms with Gasteiger partial charge in [0, 0.05) is 37.3 Å². The van der Waals surface area contributed by atoms with Gasteiger partial charge in [-0.1, -0.05) is 26.7 Å². The molecule has 3 fully saturated rings. The Kier molecular flexibility index (Phi) is 3.89. The van der Waals surface area contributed by atoms with Gasteiger partial charge in [-0.15, -0.1) is 0 Å². The summed E-state index contributed by atoms with van der Waals surface area (Å²) in [5, 5.41) is 3.91. The predicted molar refractivity (Wildman–Crippen MR) is 78.4 cm³/mol. The van der Waals surface area contributed by atoms with Gasteiger partial charge in [0.05, 0.1) is 6.10 Å². The number of hydrogen-bond donors (Lipinski definition) is 1. The Morgan fingerprint density at radius 3 is 2.58 bits per heavy atom. The molecule has 19 heavy (non-hydrogen) atoms. The molecule has 0 aromatic rings. The first-order valence-electron chi connectivity index (χ1n) is 8.24. The lowest BCUT2D eigenvalue weighted by atomic mass is 9.87. The van der Waals surface area contributed by atoms with Crippen LogP contribution in [0, 0.1) is 5.92 Å². The normalized spacial score (nSPS) is 39.5. The molecule has 3 rings (SSSR count). The van der Waals surface area contributed by atoms with Gasteiger partial charge in [-0.3, -0.25) is 4.90 Å². The summed E-state index contributed by atoms with van der Waals surface area (Å²) in [4.78, 5) is 2.81. The Morgan fingerprint density at radius 2 is 2.00 bits per heavy atom. The van der Waals surface area contributed by atoms with Crippen molar-refractivity contribution >= 4 is 0 Å². The van der Waals surface area contributed by atoms with Gasteiger partial charge in [-0.25, -0.2) is 0 Å². The van der Waals surface area contributed by atoms with Crippen LogP contribution in [0.1, 0.15) is 52.9 Å². The molecule has 1 spiro atoms.